The SMILES string of the molecule is CCC(C)Oc1c(C)c(C)c2c(c1C)CCC(C)(COc1ccc(/C=C3/SC(=O)NC3=O)cc1Br)O2. The Balaban J connectivity index is 1.49. The zero-order valence-electron chi connectivity index (χ0n) is 21.5. The number of thioether (sulfide) groups is 1. The van der Waals surface area contributed by atoms with Gasteiger partial charge in [0.25, 0.3) is 11.1 Å². The Morgan fingerprint density at radius 2 is 1.97 bits per heavy atom. The van der Waals surface area contributed by atoms with E-state index in [2.05, 4.69) is 62.8 Å². The molecule has 0 spiro atoms. The van der Waals surface area contributed by atoms with Gasteiger partial charge in [-0.2, -0.15) is 0 Å². The molecule has 2 aromatic carbocycles. The van der Waals surface area contributed by atoms with Crippen LogP contribution in [0.5, 0.6) is 17.2 Å². The smallest absolute Gasteiger partial charge is 0.290 e. The molecule has 0 bridgehead atoms. The molecule has 2 amide bonds. The summed E-state index contributed by atoms with van der Waals surface area (Å²) in [5, 5.41) is 1.91. The van der Waals surface area contributed by atoms with E-state index < -0.39 is 5.60 Å². The van der Waals surface area contributed by atoms with Gasteiger partial charge < -0.3 is 14.2 Å². The van der Waals surface area contributed by atoms with E-state index in [0.717, 1.165) is 63.7 Å². The van der Waals surface area contributed by atoms with Gasteiger partial charge in [0, 0.05) is 5.56 Å². The molecular formula is C28H32BrNO5S. The van der Waals surface area contributed by atoms with Crippen molar-refractivity contribution in [2.45, 2.75) is 72.5 Å². The Morgan fingerprint density at radius 3 is 2.61 bits per heavy atom. The number of imide groups is 1. The van der Waals surface area contributed by atoms with Gasteiger partial charge in [-0.3, -0.25) is 14.9 Å². The van der Waals surface area contributed by atoms with Crippen molar-refractivity contribution in [1.82, 2.24) is 5.32 Å². The second-order valence-corrected chi connectivity index (χ2v) is 11.6. The van der Waals surface area contributed by atoms with E-state index in [-0.39, 0.29) is 17.3 Å². The summed E-state index contributed by atoms with van der Waals surface area (Å²) in [4.78, 5) is 23.6. The van der Waals surface area contributed by atoms with Crippen LogP contribution in [0.2, 0.25) is 0 Å². The lowest BCUT2D eigenvalue weighted by molar-refractivity contribution is -0.115. The average molecular weight is 575 g/mol. The highest BCUT2D eigenvalue weighted by molar-refractivity contribution is 9.10. The molecule has 0 aromatic heterocycles. The Kier molecular flexibility index (Phi) is 7.76. The number of halogens is 1. The van der Waals surface area contributed by atoms with Crippen molar-refractivity contribution in [2.75, 3.05) is 6.61 Å². The maximum atomic E-state index is 11.8. The van der Waals surface area contributed by atoms with Crippen LogP contribution in [0.25, 0.3) is 6.08 Å². The molecule has 2 unspecified atom stereocenters. The fourth-order valence-electron chi connectivity index (χ4n) is 4.37. The lowest BCUT2D eigenvalue weighted by Crippen LogP contribution is -2.42. The van der Waals surface area contributed by atoms with Crippen molar-refractivity contribution in [3.8, 4) is 17.2 Å². The van der Waals surface area contributed by atoms with Crippen LogP contribution in [-0.4, -0.2) is 29.5 Å². The molecule has 192 valence electrons. The molecule has 2 heterocycles. The predicted octanol–water partition coefficient (Wildman–Crippen LogP) is 7.04. The Labute approximate surface area is 225 Å². The lowest BCUT2D eigenvalue weighted by Gasteiger charge is -2.38. The van der Waals surface area contributed by atoms with Gasteiger partial charge >= 0.3 is 0 Å². The minimum Gasteiger partial charge on any atom is -0.490 e. The van der Waals surface area contributed by atoms with E-state index in [9.17, 15) is 9.59 Å². The summed E-state index contributed by atoms with van der Waals surface area (Å²) < 4.78 is 19.8. The maximum Gasteiger partial charge on any atom is 0.290 e. The normalized spacial score (nSPS) is 21.1. The van der Waals surface area contributed by atoms with E-state index in [1.165, 1.54) is 11.1 Å². The molecule has 0 radical (unpaired) electrons. The molecule has 1 fully saturated rings. The molecule has 1 saturated heterocycles. The molecule has 2 atom stereocenters. The summed E-state index contributed by atoms with van der Waals surface area (Å²) >= 11 is 4.47. The summed E-state index contributed by atoms with van der Waals surface area (Å²) in [6.07, 6.45) is 4.54. The predicted molar refractivity (Wildman–Crippen MR) is 147 cm³/mol. The molecule has 2 aromatic rings. The summed E-state index contributed by atoms with van der Waals surface area (Å²) in [5.74, 6) is 2.25. The van der Waals surface area contributed by atoms with Crippen LogP contribution in [0.4, 0.5) is 4.79 Å². The Hall–Kier alpha value is -2.45. The minimum atomic E-state index is -0.477. The second kappa shape index (κ2) is 10.5. The van der Waals surface area contributed by atoms with Crippen molar-refractivity contribution < 1.29 is 23.8 Å². The summed E-state index contributed by atoms with van der Waals surface area (Å²) in [6.45, 7) is 13.0. The van der Waals surface area contributed by atoms with Gasteiger partial charge in [0.2, 0.25) is 0 Å². The third-order valence-corrected chi connectivity index (χ3v) is 8.32. The van der Waals surface area contributed by atoms with Gasteiger partial charge in [-0.15, -0.1) is 0 Å². The number of nitrogens with one attached hydrogen (secondary N) is 1. The first kappa shape index (κ1) is 26.6. The number of hydrogen-bond acceptors (Lipinski definition) is 6. The maximum absolute atomic E-state index is 11.8. The van der Waals surface area contributed by atoms with Gasteiger partial charge in [-0.1, -0.05) is 13.0 Å². The highest BCUT2D eigenvalue weighted by Gasteiger charge is 2.36. The standard InChI is InChI=1S/C28H32BrNO5S/c1-7-15(2)34-24-16(3)17(4)25-20(18(24)5)10-11-28(6,35-25)14-33-22-9-8-19(12-21(22)29)13-23-26(31)30-27(32)36-23/h8-9,12-13,15H,7,10-11,14H2,1-6H3,(H,30,31,32)/b23-13+. The molecule has 2 aliphatic rings. The van der Waals surface area contributed by atoms with E-state index in [1.54, 1.807) is 6.08 Å². The summed E-state index contributed by atoms with van der Waals surface area (Å²) in [6, 6.07) is 5.58. The Morgan fingerprint density at radius 1 is 1.22 bits per heavy atom. The number of ether oxygens (including phenoxy) is 3. The monoisotopic (exact) mass is 573 g/mol. The minimum absolute atomic E-state index is 0.167. The lowest BCUT2D eigenvalue weighted by atomic mass is 9.87. The van der Waals surface area contributed by atoms with Gasteiger partial charge in [0.1, 0.15) is 29.5 Å². The van der Waals surface area contributed by atoms with Crippen LogP contribution in [0.1, 0.15) is 61.4 Å². The van der Waals surface area contributed by atoms with Crippen molar-refractivity contribution in [1.29, 1.82) is 0 Å². The molecule has 0 aliphatic carbocycles. The third kappa shape index (κ3) is 5.44. The molecule has 2 aliphatic heterocycles. The highest BCUT2D eigenvalue weighted by Crippen LogP contribution is 2.44. The quantitative estimate of drug-likeness (QED) is 0.358. The van der Waals surface area contributed by atoms with Gasteiger partial charge in [-0.25, -0.2) is 0 Å². The van der Waals surface area contributed by atoms with E-state index in [1.807, 2.05) is 18.2 Å². The van der Waals surface area contributed by atoms with Crippen molar-refractivity contribution in [3.63, 3.8) is 0 Å². The van der Waals surface area contributed by atoms with Crippen LogP contribution >= 0.6 is 27.7 Å². The van der Waals surface area contributed by atoms with E-state index in [0.29, 0.717) is 17.3 Å². The molecular weight excluding hydrogens is 542 g/mol. The number of rotatable bonds is 7. The molecule has 4 rings (SSSR count). The van der Waals surface area contributed by atoms with E-state index >= 15 is 0 Å². The molecule has 8 heteroatoms. The van der Waals surface area contributed by atoms with Crippen LogP contribution in [-0.2, 0) is 11.2 Å². The van der Waals surface area contributed by atoms with Crippen LogP contribution in [0.15, 0.2) is 27.6 Å². The molecule has 36 heavy (non-hydrogen) atoms. The van der Waals surface area contributed by atoms with Crippen molar-refractivity contribution >= 4 is 44.9 Å². The first-order valence-electron chi connectivity index (χ1n) is 12.2. The van der Waals surface area contributed by atoms with Crippen molar-refractivity contribution in [2.24, 2.45) is 0 Å². The van der Waals surface area contributed by atoms with Crippen LogP contribution in [0, 0.1) is 20.8 Å². The Bertz CT molecular complexity index is 1260. The van der Waals surface area contributed by atoms with Crippen molar-refractivity contribution in [3.05, 3.63) is 55.4 Å². The van der Waals surface area contributed by atoms with Gasteiger partial charge in [0.05, 0.1) is 15.5 Å². The fraction of sp³-hybridized carbons (Fsp3) is 0.429. The number of hydrogen-bond donors (Lipinski definition) is 1. The average Bonchev–Trinajstić information content (AvgIpc) is 3.15. The van der Waals surface area contributed by atoms with E-state index in [4.69, 9.17) is 14.2 Å². The summed E-state index contributed by atoms with van der Waals surface area (Å²) in [5.41, 5.74) is 4.95. The third-order valence-electron chi connectivity index (χ3n) is 6.89. The summed E-state index contributed by atoms with van der Waals surface area (Å²) in [7, 11) is 0. The topological polar surface area (TPSA) is 73.9 Å². The second-order valence-electron chi connectivity index (χ2n) is 9.73. The number of carbonyl (C=O) groups excluding carboxylic acids is 2. The zero-order valence-corrected chi connectivity index (χ0v) is 23.9. The largest absolute Gasteiger partial charge is 0.490 e. The van der Waals surface area contributed by atoms with Crippen LogP contribution in [0.3, 0.4) is 0 Å². The zero-order chi connectivity index (χ0) is 26.2. The first-order valence-corrected chi connectivity index (χ1v) is 13.8. The molecule has 6 nitrogen and oxygen atoms in total. The van der Waals surface area contributed by atoms with Gasteiger partial charge in [0.15, 0.2) is 0 Å². The fourth-order valence-corrected chi connectivity index (χ4v) is 5.56. The number of amides is 2. The van der Waals surface area contributed by atoms with Crippen LogP contribution < -0.4 is 19.5 Å². The number of carbonyl (C=O) groups is 2. The van der Waals surface area contributed by atoms with Gasteiger partial charge in [-0.05, 0) is 122 Å². The number of benzene rings is 2. The first-order chi connectivity index (χ1) is 17.0. The molecule has 0 saturated carbocycles. The number of fused-ring (bicyclic) bond motifs is 1. The highest BCUT2D eigenvalue weighted by atomic mass is 79.9. The molecule has 1 N–H and O–H groups in total.